The van der Waals surface area contributed by atoms with Crippen LogP contribution in [0.3, 0.4) is 0 Å². The first-order valence-electron chi connectivity index (χ1n) is 7.22. The molecule has 2 aromatic rings. The third kappa shape index (κ3) is 4.58. The molecule has 5 nitrogen and oxygen atoms in total. The number of aliphatic hydroxyl groups is 1. The van der Waals surface area contributed by atoms with Crippen LogP contribution >= 0.6 is 20.2 Å². The second-order valence-electron chi connectivity index (χ2n) is 4.87. The molecule has 1 N–H and O–H groups in total. The summed E-state index contributed by atoms with van der Waals surface area (Å²) >= 11 is -3.39. The molecule has 2 aromatic carbocycles. The standard InChI is InChI=1S/C17H16F3IO5/c1-24-13-8-11(10-22)15(14(9-13)25-2)21(12-6-4-3-5-7-12)26-16(23)17(18,19)20/h3-9,22H,10H2,1-2H3. The molecule has 142 valence electrons. The topological polar surface area (TPSA) is 65.0 Å². The van der Waals surface area contributed by atoms with Gasteiger partial charge >= 0.3 is 155 Å². The number of hydrogen-bond donors (Lipinski definition) is 1. The number of benzene rings is 2. The van der Waals surface area contributed by atoms with E-state index in [4.69, 9.17) is 12.5 Å². The van der Waals surface area contributed by atoms with Crippen molar-refractivity contribution >= 4 is 26.2 Å². The molecule has 0 unspecified atom stereocenters. The van der Waals surface area contributed by atoms with E-state index in [1.807, 2.05) is 0 Å². The van der Waals surface area contributed by atoms with Crippen LogP contribution in [0.2, 0.25) is 0 Å². The fourth-order valence-corrected chi connectivity index (χ4v) is 6.67. The molecule has 26 heavy (non-hydrogen) atoms. The third-order valence-corrected chi connectivity index (χ3v) is 8.09. The molecule has 0 bridgehead atoms. The summed E-state index contributed by atoms with van der Waals surface area (Å²) in [6.07, 6.45) is -5.12. The van der Waals surface area contributed by atoms with Gasteiger partial charge in [-0.25, -0.2) is 0 Å². The summed E-state index contributed by atoms with van der Waals surface area (Å²) in [5.74, 6) is -1.72. The van der Waals surface area contributed by atoms with E-state index in [-0.39, 0.29) is 14.9 Å². The summed E-state index contributed by atoms with van der Waals surface area (Å²) in [6.45, 7) is -0.479. The average molecular weight is 484 g/mol. The van der Waals surface area contributed by atoms with Crippen molar-refractivity contribution in [1.29, 1.82) is 0 Å². The number of rotatable bonds is 6. The fourth-order valence-electron chi connectivity index (χ4n) is 2.04. The Labute approximate surface area is 155 Å². The molecule has 0 spiro atoms. The summed E-state index contributed by atoms with van der Waals surface area (Å²) in [5, 5.41) is 9.70. The minimum absolute atomic E-state index is 0.192. The Morgan fingerprint density at radius 3 is 2.27 bits per heavy atom. The number of hydrogen-bond acceptors (Lipinski definition) is 5. The molecule has 0 heterocycles. The van der Waals surface area contributed by atoms with Crippen molar-refractivity contribution in [1.82, 2.24) is 0 Å². The van der Waals surface area contributed by atoms with Crippen LogP contribution in [0.5, 0.6) is 11.5 Å². The molecule has 0 fully saturated rings. The SMILES string of the molecule is COc1cc(CO)c(I(OC(=O)C(F)(F)F)c2ccccc2)c(OC)c1. The van der Waals surface area contributed by atoms with Gasteiger partial charge in [0.2, 0.25) is 0 Å². The Bertz CT molecular complexity index is 740. The van der Waals surface area contributed by atoms with E-state index >= 15 is 0 Å². The molecule has 0 aliphatic rings. The molecule has 0 amide bonds. The maximum atomic E-state index is 12.8. The van der Waals surface area contributed by atoms with E-state index in [9.17, 15) is 23.1 Å². The van der Waals surface area contributed by atoms with Crippen molar-refractivity contribution in [3.8, 4) is 11.5 Å². The molecular formula is C17H16F3IO5. The number of ether oxygens (including phenoxy) is 2. The number of aliphatic hydroxyl groups excluding tert-OH is 1. The monoisotopic (exact) mass is 484 g/mol. The predicted molar refractivity (Wildman–Crippen MR) is 95.5 cm³/mol. The zero-order valence-corrected chi connectivity index (χ0v) is 16.0. The summed E-state index contributed by atoms with van der Waals surface area (Å²) in [7, 11) is 2.75. The zero-order valence-electron chi connectivity index (χ0n) is 13.8. The maximum absolute atomic E-state index is 12.8. The van der Waals surface area contributed by atoms with Crippen LogP contribution in [-0.4, -0.2) is 31.5 Å². The first-order chi connectivity index (χ1) is 12.3. The van der Waals surface area contributed by atoms with E-state index in [1.165, 1.54) is 26.4 Å². The minimum atomic E-state index is -5.12. The van der Waals surface area contributed by atoms with Crippen LogP contribution in [0.4, 0.5) is 13.2 Å². The van der Waals surface area contributed by atoms with Gasteiger partial charge in [-0.3, -0.25) is 0 Å². The summed E-state index contributed by atoms with van der Waals surface area (Å²) < 4.78 is 54.3. The van der Waals surface area contributed by atoms with Gasteiger partial charge in [0.05, 0.1) is 0 Å². The Kier molecular flexibility index (Phi) is 6.70. The Morgan fingerprint density at radius 1 is 1.12 bits per heavy atom. The molecule has 0 saturated carbocycles. The molecule has 0 aliphatic carbocycles. The molecular weight excluding hydrogens is 468 g/mol. The van der Waals surface area contributed by atoms with Crippen molar-refractivity contribution in [3.05, 3.63) is 55.2 Å². The Balaban J connectivity index is 2.64. The first-order valence-corrected chi connectivity index (χ1v) is 10.3. The molecule has 2 rings (SSSR count). The summed E-state index contributed by atoms with van der Waals surface area (Å²) in [6, 6.07) is 11.1. The van der Waals surface area contributed by atoms with Crippen LogP contribution in [0, 0.1) is 7.14 Å². The van der Waals surface area contributed by atoms with Gasteiger partial charge in [0, 0.05) is 0 Å². The van der Waals surface area contributed by atoms with Gasteiger partial charge < -0.3 is 0 Å². The van der Waals surface area contributed by atoms with Crippen molar-refractivity contribution < 1.29 is 35.6 Å². The summed E-state index contributed by atoms with van der Waals surface area (Å²) in [4.78, 5) is 11.5. The molecule has 0 aromatic heterocycles. The van der Waals surface area contributed by atoms with E-state index in [0.717, 1.165) is 0 Å². The second kappa shape index (κ2) is 8.58. The average Bonchev–Trinajstić information content (AvgIpc) is 2.64. The van der Waals surface area contributed by atoms with Gasteiger partial charge in [-0.05, 0) is 0 Å². The number of alkyl halides is 3. The van der Waals surface area contributed by atoms with Crippen LogP contribution in [0.1, 0.15) is 5.56 Å². The first kappa shape index (κ1) is 20.3. The fraction of sp³-hybridized carbons (Fsp3) is 0.235. The van der Waals surface area contributed by atoms with E-state index < -0.39 is 39.0 Å². The van der Waals surface area contributed by atoms with Crippen LogP contribution in [-0.2, 0) is 14.5 Å². The third-order valence-electron chi connectivity index (χ3n) is 3.20. The number of carbonyl (C=O) groups is 1. The van der Waals surface area contributed by atoms with Crippen LogP contribution in [0.15, 0.2) is 42.5 Å². The van der Waals surface area contributed by atoms with E-state index in [1.54, 1.807) is 30.3 Å². The quantitative estimate of drug-likeness (QED) is 0.633. The normalized spacial score (nSPS) is 11.7. The number of halogens is 4. The van der Waals surface area contributed by atoms with Crippen molar-refractivity contribution in [2.24, 2.45) is 0 Å². The molecule has 0 saturated heterocycles. The van der Waals surface area contributed by atoms with Crippen molar-refractivity contribution in [3.63, 3.8) is 0 Å². The van der Waals surface area contributed by atoms with Crippen molar-refractivity contribution in [2.75, 3.05) is 14.2 Å². The van der Waals surface area contributed by atoms with Gasteiger partial charge in [-0.15, -0.1) is 0 Å². The van der Waals surface area contributed by atoms with Crippen molar-refractivity contribution in [2.45, 2.75) is 12.8 Å². The number of carbonyl (C=O) groups excluding carboxylic acids is 1. The van der Waals surface area contributed by atoms with Gasteiger partial charge in [0.1, 0.15) is 0 Å². The van der Waals surface area contributed by atoms with Gasteiger partial charge in [-0.1, -0.05) is 0 Å². The molecule has 0 radical (unpaired) electrons. The van der Waals surface area contributed by atoms with E-state index in [0.29, 0.717) is 9.32 Å². The van der Waals surface area contributed by atoms with Gasteiger partial charge in [0.15, 0.2) is 0 Å². The summed E-state index contributed by atoms with van der Waals surface area (Å²) in [5.41, 5.74) is 0.283. The van der Waals surface area contributed by atoms with Crippen LogP contribution < -0.4 is 9.47 Å². The zero-order chi connectivity index (χ0) is 19.3. The molecule has 0 atom stereocenters. The number of methoxy groups -OCH3 is 2. The Morgan fingerprint density at radius 2 is 1.77 bits per heavy atom. The molecule has 0 aliphatic heterocycles. The molecule has 9 heteroatoms. The second-order valence-corrected chi connectivity index (χ2v) is 9.05. The van der Waals surface area contributed by atoms with Gasteiger partial charge in [0.25, 0.3) is 0 Å². The van der Waals surface area contributed by atoms with Crippen LogP contribution in [0.25, 0.3) is 0 Å². The Hall–Kier alpha value is -2.01. The van der Waals surface area contributed by atoms with E-state index in [2.05, 4.69) is 0 Å². The van der Waals surface area contributed by atoms with Gasteiger partial charge in [-0.2, -0.15) is 0 Å². The predicted octanol–water partition coefficient (Wildman–Crippen LogP) is 3.76.